The average Bonchev–Trinajstić information content (AvgIpc) is 2.62. The Kier molecular flexibility index (Phi) is 5.69. The van der Waals surface area contributed by atoms with Crippen LogP contribution in [0.1, 0.15) is 24.0 Å². The minimum absolute atomic E-state index is 0.00259. The molecular weight excluding hydrogens is 349 g/mol. The first-order valence-corrected chi connectivity index (χ1v) is 10.3. The third-order valence-corrected chi connectivity index (χ3v) is 6.07. The van der Waals surface area contributed by atoms with Gasteiger partial charge in [0, 0.05) is 6.54 Å². The first kappa shape index (κ1) is 18.5. The smallest absolute Gasteiger partial charge is 0.212 e. The summed E-state index contributed by atoms with van der Waals surface area (Å²) in [7, 11) is -3.44. The summed E-state index contributed by atoms with van der Waals surface area (Å²) in [6.07, 6.45) is 0.330. The number of rotatable bonds is 7. The molecule has 0 saturated carbocycles. The molecule has 0 bridgehead atoms. The Bertz CT molecular complexity index is 1000. The van der Waals surface area contributed by atoms with E-state index in [4.69, 9.17) is 0 Å². The van der Waals surface area contributed by atoms with E-state index in [9.17, 15) is 12.8 Å². The SMILES string of the molecule is CC(CS(=O)(=O)NCCc1ccccc1F)c1ccc2ccccc2c1. The molecule has 0 aliphatic heterocycles. The summed E-state index contributed by atoms with van der Waals surface area (Å²) in [5.74, 6) is -0.440. The molecule has 3 rings (SSSR count). The summed E-state index contributed by atoms with van der Waals surface area (Å²) in [6, 6.07) is 20.4. The minimum atomic E-state index is -3.44. The lowest BCUT2D eigenvalue weighted by atomic mass is 9.99. The van der Waals surface area contributed by atoms with E-state index in [1.165, 1.54) is 6.07 Å². The van der Waals surface area contributed by atoms with Gasteiger partial charge in [0.05, 0.1) is 5.75 Å². The molecule has 26 heavy (non-hydrogen) atoms. The molecule has 0 fully saturated rings. The second-order valence-corrected chi connectivity index (χ2v) is 8.38. The van der Waals surface area contributed by atoms with E-state index in [1.54, 1.807) is 18.2 Å². The molecular formula is C21H22FNO2S. The summed E-state index contributed by atoms with van der Waals surface area (Å²) >= 11 is 0. The lowest BCUT2D eigenvalue weighted by Crippen LogP contribution is -2.30. The maximum atomic E-state index is 13.6. The van der Waals surface area contributed by atoms with Crippen molar-refractivity contribution in [3.63, 3.8) is 0 Å². The lowest BCUT2D eigenvalue weighted by Gasteiger charge is -2.14. The number of benzene rings is 3. The first-order valence-electron chi connectivity index (χ1n) is 8.64. The van der Waals surface area contributed by atoms with Crippen molar-refractivity contribution in [3.05, 3.63) is 83.7 Å². The van der Waals surface area contributed by atoms with Crippen molar-refractivity contribution >= 4 is 20.8 Å². The lowest BCUT2D eigenvalue weighted by molar-refractivity contribution is 0.572. The summed E-state index contributed by atoms with van der Waals surface area (Å²) in [4.78, 5) is 0. The topological polar surface area (TPSA) is 46.2 Å². The monoisotopic (exact) mass is 371 g/mol. The molecule has 0 aliphatic rings. The van der Waals surface area contributed by atoms with Crippen LogP contribution in [0.2, 0.25) is 0 Å². The van der Waals surface area contributed by atoms with Crippen molar-refractivity contribution in [1.82, 2.24) is 4.72 Å². The summed E-state index contributed by atoms with van der Waals surface area (Å²) < 4.78 is 40.9. The number of halogens is 1. The third-order valence-electron chi connectivity index (χ3n) is 4.49. The molecule has 0 radical (unpaired) electrons. The molecule has 1 N–H and O–H groups in total. The second-order valence-electron chi connectivity index (χ2n) is 6.52. The molecule has 0 saturated heterocycles. The van der Waals surface area contributed by atoms with Gasteiger partial charge in [-0.2, -0.15) is 0 Å². The Morgan fingerprint density at radius 1 is 0.962 bits per heavy atom. The predicted molar refractivity (Wildman–Crippen MR) is 104 cm³/mol. The average molecular weight is 371 g/mol. The van der Waals surface area contributed by atoms with Crippen molar-refractivity contribution in [1.29, 1.82) is 0 Å². The van der Waals surface area contributed by atoms with Crippen LogP contribution in [0.25, 0.3) is 10.8 Å². The molecule has 3 aromatic rings. The molecule has 1 atom stereocenters. The van der Waals surface area contributed by atoms with Crippen molar-refractivity contribution in [2.45, 2.75) is 19.3 Å². The van der Waals surface area contributed by atoms with Crippen molar-refractivity contribution in [2.24, 2.45) is 0 Å². The zero-order chi connectivity index (χ0) is 18.6. The Balaban J connectivity index is 1.61. The van der Waals surface area contributed by atoms with Crippen LogP contribution in [-0.2, 0) is 16.4 Å². The Morgan fingerprint density at radius 3 is 2.42 bits per heavy atom. The summed E-state index contributed by atoms with van der Waals surface area (Å²) in [5.41, 5.74) is 1.50. The van der Waals surface area contributed by atoms with Crippen LogP contribution >= 0.6 is 0 Å². The van der Waals surface area contributed by atoms with Crippen LogP contribution in [0.4, 0.5) is 4.39 Å². The highest BCUT2D eigenvalue weighted by Crippen LogP contribution is 2.22. The molecule has 5 heteroatoms. The maximum Gasteiger partial charge on any atom is 0.212 e. The zero-order valence-electron chi connectivity index (χ0n) is 14.7. The number of nitrogens with one attached hydrogen (secondary N) is 1. The second kappa shape index (κ2) is 7.98. The standard InChI is InChI=1S/C21H22FNO2S/c1-16(19-11-10-17-6-2-3-8-20(17)14-19)15-26(24,25)23-13-12-18-7-4-5-9-21(18)22/h2-11,14,16,23H,12-13,15H2,1H3. The van der Waals surface area contributed by atoms with E-state index in [-0.39, 0.29) is 24.0 Å². The molecule has 3 aromatic carbocycles. The van der Waals surface area contributed by atoms with Gasteiger partial charge >= 0.3 is 0 Å². The third kappa shape index (κ3) is 4.68. The van der Waals surface area contributed by atoms with Crippen LogP contribution in [0.15, 0.2) is 66.7 Å². The van der Waals surface area contributed by atoms with Crippen LogP contribution in [-0.4, -0.2) is 20.7 Å². The van der Waals surface area contributed by atoms with Crippen LogP contribution in [0.3, 0.4) is 0 Å². The highest BCUT2D eigenvalue weighted by atomic mass is 32.2. The van der Waals surface area contributed by atoms with Gasteiger partial charge in [-0.05, 0) is 40.3 Å². The fourth-order valence-corrected chi connectivity index (χ4v) is 4.42. The van der Waals surface area contributed by atoms with Gasteiger partial charge in [-0.3, -0.25) is 0 Å². The van der Waals surface area contributed by atoms with E-state index in [0.717, 1.165) is 16.3 Å². The van der Waals surface area contributed by atoms with Gasteiger partial charge in [-0.25, -0.2) is 17.5 Å². The van der Waals surface area contributed by atoms with Gasteiger partial charge in [0.1, 0.15) is 5.82 Å². The largest absolute Gasteiger partial charge is 0.215 e. The van der Waals surface area contributed by atoms with Crippen LogP contribution in [0, 0.1) is 5.82 Å². The molecule has 0 heterocycles. The normalized spacial score (nSPS) is 13.0. The quantitative estimate of drug-likeness (QED) is 0.675. The van der Waals surface area contributed by atoms with Gasteiger partial charge < -0.3 is 0 Å². The Morgan fingerprint density at radius 2 is 1.65 bits per heavy atom. The van der Waals surface area contributed by atoms with Crippen molar-refractivity contribution < 1.29 is 12.8 Å². The first-order chi connectivity index (χ1) is 12.4. The zero-order valence-corrected chi connectivity index (χ0v) is 15.5. The molecule has 0 amide bonds. The van der Waals surface area contributed by atoms with Crippen molar-refractivity contribution in [2.75, 3.05) is 12.3 Å². The van der Waals surface area contributed by atoms with Gasteiger partial charge in [0.25, 0.3) is 0 Å². The number of fused-ring (bicyclic) bond motifs is 1. The van der Waals surface area contributed by atoms with Gasteiger partial charge in [0.15, 0.2) is 0 Å². The highest BCUT2D eigenvalue weighted by molar-refractivity contribution is 7.89. The molecule has 0 spiro atoms. The summed E-state index contributed by atoms with van der Waals surface area (Å²) in [6.45, 7) is 2.09. The van der Waals surface area contributed by atoms with Gasteiger partial charge in [-0.15, -0.1) is 0 Å². The summed E-state index contributed by atoms with van der Waals surface area (Å²) in [5, 5.41) is 2.23. The predicted octanol–water partition coefficient (Wildman–Crippen LogP) is 4.24. The minimum Gasteiger partial charge on any atom is -0.215 e. The number of hydrogen-bond acceptors (Lipinski definition) is 2. The maximum absolute atomic E-state index is 13.6. The van der Waals surface area contributed by atoms with Crippen LogP contribution in [0.5, 0.6) is 0 Å². The fourth-order valence-electron chi connectivity index (χ4n) is 3.04. The van der Waals surface area contributed by atoms with Crippen LogP contribution < -0.4 is 4.72 Å². The van der Waals surface area contributed by atoms with E-state index >= 15 is 0 Å². The van der Waals surface area contributed by atoms with E-state index in [0.29, 0.717) is 12.0 Å². The highest BCUT2D eigenvalue weighted by Gasteiger charge is 2.17. The van der Waals surface area contributed by atoms with E-state index in [1.807, 2.05) is 49.4 Å². The molecule has 1 unspecified atom stereocenters. The van der Waals surface area contributed by atoms with E-state index < -0.39 is 10.0 Å². The molecule has 0 aromatic heterocycles. The Labute approximate surface area is 153 Å². The van der Waals surface area contributed by atoms with Crippen molar-refractivity contribution in [3.8, 4) is 0 Å². The van der Waals surface area contributed by atoms with E-state index in [2.05, 4.69) is 4.72 Å². The number of hydrogen-bond donors (Lipinski definition) is 1. The van der Waals surface area contributed by atoms with Gasteiger partial charge in [0.2, 0.25) is 10.0 Å². The molecule has 136 valence electrons. The van der Waals surface area contributed by atoms with Gasteiger partial charge in [-0.1, -0.05) is 67.6 Å². The fraction of sp³-hybridized carbons (Fsp3) is 0.238. The number of sulfonamides is 1. The Hall–Kier alpha value is -2.24. The molecule has 3 nitrogen and oxygen atoms in total. The molecule has 0 aliphatic carbocycles.